The van der Waals surface area contributed by atoms with Crippen LogP contribution >= 0.6 is 11.3 Å². The number of carbonyl (C=O) groups excluding carboxylic acids is 1. The zero-order chi connectivity index (χ0) is 30.8. The van der Waals surface area contributed by atoms with Gasteiger partial charge in [-0.2, -0.15) is 0 Å². The van der Waals surface area contributed by atoms with E-state index in [1.54, 1.807) is 18.4 Å². The van der Waals surface area contributed by atoms with Crippen LogP contribution in [-0.4, -0.2) is 31.2 Å². The van der Waals surface area contributed by atoms with Crippen LogP contribution in [0.15, 0.2) is 112 Å². The van der Waals surface area contributed by atoms with Gasteiger partial charge in [0.2, 0.25) is 0 Å². The highest BCUT2D eigenvalue weighted by atomic mass is 32.1. The van der Waals surface area contributed by atoms with E-state index in [2.05, 4.69) is 29.3 Å². The second kappa shape index (κ2) is 12.3. The van der Waals surface area contributed by atoms with Crippen LogP contribution in [0.25, 0.3) is 16.8 Å². The van der Waals surface area contributed by atoms with Crippen molar-refractivity contribution in [3.63, 3.8) is 0 Å². The third-order valence-corrected chi connectivity index (χ3v) is 8.68. The molecule has 4 aromatic carbocycles. The number of anilines is 1. The first-order valence-electron chi connectivity index (χ1n) is 14.5. The van der Waals surface area contributed by atoms with Crippen molar-refractivity contribution >= 4 is 39.8 Å². The van der Waals surface area contributed by atoms with Crippen LogP contribution in [0, 0.1) is 0 Å². The fraction of sp³-hybridized carbons (Fsp3) is 0.194. The number of ether oxygens (including phenoxy) is 2. The largest absolute Gasteiger partial charge is 0.489 e. The molecule has 1 atom stereocenters. The summed E-state index contributed by atoms with van der Waals surface area (Å²) in [7, 11) is 3.94. The van der Waals surface area contributed by atoms with E-state index >= 15 is 0 Å². The molecule has 1 aromatic heterocycles. The number of aromatic nitrogens is 1. The van der Waals surface area contributed by atoms with E-state index in [9.17, 15) is 9.59 Å². The Labute approximate surface area is 259 Å². The van der Waals surface area contributed by atoms with Crippen molar-refractivity contribution in [2.45, 2.75) is 26.5 Å². The quantitative estimate of drug-likeness (QED) is 0.216. The molecule has 0 radical (unpaired) electrons. The maximum absolute atomic E-state index is 13.9. The van der Waals surface area contributed by atoms with Crippen molar-refractivity contribution in [1.29, 1.82) is 0 Å². The second-order valence-electron chi connectivity index (χ2n) is 10.8. The summed E-state index contributed by atoms with van der Waals surface area (Å²) in [6, 6.07) is 29.4. The molecule has 5 aromatic rings. The van der Waals surface area contributed by atoms with E-state index in [0.717, 1.165) is 28.1 Å². The smallest absolute Gasteiger partial charge is 0.338 e. The Morgan fingerprint density at radius 3 is 2.43 bits per heavy atom. The van der Waals surface area contributed by atoms with Gasteiger partial charge in [0.15, 0.2) is 4.80 Å². The van der Waals surface area contributed by atoms with Gasteiger partial charge in [-0.25, -0.2) is 9.79 Å². The Kier molecular flexibility index (Phi) is 8.17. The van der Waals surface area contributed by atoms with E-state index in [1.807, 2.05) is 91.8 Å². The van der Waals surface area contributed by atoms with Crippen LogP contribution in [0.1, 0.15) is 36.6 Å². The maximum atomic E-state index is 13.9. The van der Waals surface area contributed by atoms with Crippen LogP contribution in [0.5, 0.6) is 5.75 Å². The topological polar surface area (TPSA) is 73.1 Å². The van der Waals surface area contributed by atoms with Gasteiger partial charge in [-0.15, -0.1) is 0 Å². The average molecular weight is 604 g/mol. The molecule has 0 aliphatic carbocycles. The molecular formula is C36H33N3O4S. The van der Waals surface area contributed by atoms with Crippen molar-refractivity contribution in [1.82, 2.24) is 4.57 Å². The number of rotatable bonds is 8. The lowest BCUT2D eigenvalue weighted by Crippen LogP contribution is -2.39. The zero-order valence-corrected chi connectivity index (χ0v) is 25.9. The third-order valence-electron chi connectivity index (χ3n) is 7.69. The van der Waals surface area contributed by atoms with Gasteiger partial charge < -0.3 is 14.4 Å². The number of benzene rings is 4. The molecular weight excluding hydrogens is 570 g/mol. The summed E-state index contributed by atoms with van der Waals surface area (Å²) in [5, 5.41) is 2.36. The van der Waals surface area contributed by atoms with E-state index in [0.29, 0.717) is 27.2 Å². The maximum Gasteiger partial charge on any atom is 0.338 e. The Morgan fingerprint density at radius 2 is 1.70 bits per heavy atom. The van der Waals surface area contributed by atoms with Gasteiger partial charge in [0, 0.05) is 19.8 Å². The minimum atomic E-state index is -0.645. The second-order valence-corrected chi connectivity index (χ2v) is 11.8. The summed E-state index contributed by atoms with van der Waals surface area (Å²) >= 11 is 1.31. The van der Waals surface area contributed by atoms with Crippen molar-refractivity contribution in [3.05, 3.63) is 139 Å². The number of carbonyl (C=O) groups is 1. The average Bonchev–Trinajstić information content (AvgIpc) is 3.33. The predicted octanol–water partition coefficient (Wildman–Crippen LogP) is 5.60. The lowest BCUT2D eigenvalue weighted by Gasteiger charge is -2.25. The number of hydrogen-bond acceptors (Lipinski definition) is 7. The Bertz CT molecular complexity index is 2050. The van der Waals surface area contributed by atoms with Gasteiger partial charge in [0.05, 0.1) is 28.5 Å². The van der Waals surface area contributed by atoms with E-state index in [4.69, 9.17) is 9.47 Å². The number of esters is 1. The molecule has 2 heterocycles. The molecule has 222 valence electrons. The van der Waals surface area contributed by atoms with Gasteiger partial charge >= 0.3 is 5.97 Å². The van der Waals surface area contributed by atoms with Crippen molar-refractivity contribution < 1.29 is 14.3 Å². The molecule has 6 rings (SSSR count). The molecule has 44 heavy (non-hydrogen) atoms. The highest BCUT2D eigenvalue weighted by Gasteiger charge is 2.33. The molecule has 0 bridgehead atoms. The van der Waals surface area contributed by atoms with Gasteiger partial charge in [0.25, 0.3) is 5.56 Å². The van der Waals surface area contributed by atoms with Crippen molar-refractivity contribution in [2.24, 2.45) is 4.99 Å². The monoisotopic (exact) mass is 603 g/mol. The summed E-state index contributed by atoms with van der Waals surface area (Å²) in [5.74, 6) is 0.274. The minimum Gasteiger partial charge on any atom is -0.489 e. The lowest BCUT2D eigenvalue weighted by atomic mass is 9.95. The fourth-order valence-electron chi connectivity index (χ4n) is 5.45. The molecule has 0 fully saturated rings. The first-order valence-corrected chi connectivity index (χ1v) is 15.3. The molecule has 0 amide bonds. The molecule has 1 aliphatic heterocycles. The summed E-state index contributed by atoms with van der Waals surface area (Å²) in [5.41, 5.74) is 4.53. The van der Waals surface area contributed by atoms with Gasteiger partial charge in [-0.3, -0.25) is 9.36 Å². The van der Waals surface area contributed by atoms with Gasteiger partial charge in [0.1, 0.15) is 12.4 Å². The first-order chi connectivity index (χ1) is 21.3. The third kappa shape index (κ3) is 5.68. The summed E-state index contributed by atoms with van der Waals surface area (Å²) in [4.78, 5) is 34.3. The van der Waals surface area contributed by atoms with E-state index in [1.165, 1.54) is 22.1 Å². The molecule has 0 saturated carbocycles. The molecule has 8 heteroatoms. The number of hydrogen-bond donors (Lipinski definition) is 0. The molecule has 0 saturated heterocycles. The summed E-state index contributed by atoms with van der Waals surface area (Å²) in [6.45, 7) is 4.25. The lowest BCUT2D eigenvalue weighted by molar-refractivity contribution is -0.139. The Hall–Kier alpha value is -4.95. The van der Waals surface area contributed by atoms with Crippen molar-refractivity contribution in [3.8, 4) is 5.75 Å². The predicted molar refractivity (Wildman–Crippen MR) is 176 cm³/mol. The highest BCUT2D eigenvalue weighted by Crippen LogP contribution is 2.31. The number of nitrogens with zero attached hydrogens (tertiary/aromatic N) is 3. The number of fused-ring (bicyclic) bond motifs is 2. The normalized spacial score (nSPS) is 14.7. The number of allylic oxidation sites excluding steroid dienone is 1. The standard InChI is InChI=1S/C36H33N3O4S/c1-5-42-35(41)32-23(2)37-36-39(33(32)26-15-17-28(18-16-26)38(3)4)34(40)31(44-36)21-24-13-19-29(20-14-24)43-22-27-11-8-10-25-9-6-7-12-30(25)27/h6-21,33H,5,22H2,1-4H3/b31-21-/t33-/m1/s1. The Morgan fingerprint density at radius 1 is 0.977 bits per heavy atom. The van der Waals surface area contributed by atoms with Crippen molar-refractivity contribution in [2.75, 3.05) is 25.6 Å². The molecule has 0 unspecified atom stereocenters. The SMILES string of the molecule is CCOC(=O)C1=C(C)N=c2s/c(=C\c3ccc(OCc4cccc5ccccc45)cc3)c(=O)n2[C@@H]1c1ccc(N(C)C)cc1. The summed E-state index contributed by atoms with van der Waals surface area (Å²) in [6.07, 6.45) is 1.86. The van der Waals surface area contributed by atoms with E-state index in [-0.39, 0.29) is 12.2 Å². The molecule has 7 nitrogen and oxygen atoms in total. The first kappa shape index (κ1) is 29.1. The van der Waals surface area contributed by atoms with E-state index < -0.39 is 12.0 Å². The van der Waals surface area contributed by atoms with Crippen LogP contribution in [-0.2, 0) is 16.1 Å². The molecule has 1 aliphatic rings. The van der Waals surface area contributed by atoms with Crippen LogP contribution in [0.2, 0.25) is 0 Å². The fourth-order valence-corrected chi connectivity index (χ4v) is 6.50. The van der Waals surface area contributed by atoms with Crippen LogP contribution in [0.3, 0.4) is 0 Å². The number of thiazole rings is 1. The van der Waals surface area contributed by atoms with Gasteiger partial charge in [-0.05, 0) is 71.7 Å². The molecule has 0 N–H and O–H groups in total. The highest BCUT2D eigenvalue weighted by molar-refractivity contribution is 7.07. The summed E-state index contributed by atoms with van der Waals surface area (Å²) < 4.78 is 13.7. The molecule has 0 spiro atoms. The zero-order valence-electron chi connectivity index (χ0n) is 25.1. The minimum absolute atomic E-state index is 0.207. The Balaban J connectivity index is 1.32. The van der Waals surface area contributed by atoms with Crippen LogP contribution < -0.4 is 24.5 Å². The van der Waals surface area contributed by atoms with Gasteiger partial charge in [-0.1, -0.05) is 78.1 Å². The van der Waals surface area contributed by atoms with Crippen LogP contribution in [0.4, 0.5) is 5.69 Å².